The Morgan fingerprint density at radius 1 is 1.47 bits per heavy atom. The van der Waals surface area contributed by atoms with E-state index in [-0.39, 0.29) is 11.6 Å². The Bertz CT molecular complexity index is 450. The number of hydrogen-bond acceptors (Lipinski definition) is 4. The molecule has 0 amide bonds. The van der Waals surface area contributed by atoms with Crippen molar-refractivity contribution in [2.75, 3.05) is 18.5 Å². The smallest absolute Gasteiger partial charge is 0.293 e. The Morgan fingerprint density at radius 2 is 2.21 bits per heavy atom. The molecule has 1 saturated carbocycles. The summed E-state index contributed by atoms with van der Waals surface area (Å²) in [5.74, 6) is 0.409. The molecule has 0 unspecified atom stereocenters. The summed E-state index contributed by atoms with van der Waals surface area (Å²) < 4.78 is 7.42. The maximum Gasteiger partial charge on any atom is 0.293 e. The maximum atomic E-state index is 12.1. The largest absolute Gasteiger partial charge is 0.376 e. The summed E-state index contributed by atoms with van der Waals surface area (Å²) in [7, 11) is 0. The van der Waals surface area contributed by atoms with Crippen molar-refractivity contribution >= 4 is 5.82 Å². The first-order valence-corrected chi connectivity index (χ1v) is 7.11. The van der Waals surface area contributed by atoms with Crippen LogP contribution in [0.3, 0.4) is 0 Å². The topological polar surface area (TPSA) is 56.1 Å². The van der Waals surface area contributed by atoms with Crippen LogP contribution in [0, 0.1) is 0 Å². The zero-order chi connectivity index (χ0) is 13.7. The van der Waals surface area contributed by atoms with Gasteiger partial charge in [0.25, 0.3) is 5.56 Å². The fourth-order valence-corrected chi connectivity index (χ4v) is 2.40. The van der Waals surface area contributed by atoms with Crippen molar-refractivity contribution < 1.29 is 4.74 Å². The molecule has 106 valence electrons. The number of rotatable bonds is 6. The van der Waals surface area contributed by atoms with E-state index in [4.69, 9.17) is 4.74 Å². The van der Waals surface area contributed by atoms with Crippen LogP contribution in [0.5, 0.6) is 0 Å². The minimum Gasteiger partial charge on any atom is -0.376 e. The van der Waals surface area contributed by atoms with Crippen molar-refractivity contribution in [1.82, 2.24) is 9.55 Å². The summed E-state index contributed by atoms with van der Waals surface area (Å²) in [5, 5.41) is 3.06. The summed E-state index contributed by atoms with van der Waals surface area (Å²) in [6.45, 7) is 5.21. The predicted molar refractivity (Wildman–Crippen MR) is 75.6 cm³/mol. The quantitative estimate of drug-likeness (QED) is 0.801. The fourth-order valence-electron chi connectivity index (χ4n) is 2.40. The molecule has 0 atom stereocenters. The lowest BCUT2D eigenvalue weighted by atomic mass is 10.3. The van der Waals surface area contributed by atoms with E-state index in [0.29, 0.717) is 25.1 Å². The lowest BCUT2D eigenvalue weighted by molar-refractivity contribution is 0.0658. The second kappa shape index (κ2) is 6.70. The number of anilines is 1. The molecule has 0 bridgehead atoms. The van der Waals surface area contributed by atoms with Gasteiger partial charge < -0.3 is 14.6 Å². The molecule has 1 aliphatic carbocycles. The zero-order valence-electron chi connectivity index (χ0n) is 11.8. The van der Waals surface area contributed by atoms with E-state index < -0.39 is 0 Å². The second-order valence-corrected chi connectivity index (χ2v) is 5.29. The molecule has 1 aromatic rings. The molecule has 1 heterocycles. The van der Waals surface area contributed by atoms with E-state index in [1.807, 2.05) is 13.8 Å². The first kappa shape index (κ1) is 14.1. The highest BCUT2D eigenvalue weighted by Gasteiger charge is 2.14. The lowest BCUT2D eigenvalue weighted by Crippen LogP contribution is -2.27. The van der Waals surface area contributed by atoms with Gasteiger partial charge in [-0.25, -0.2) is 4.98 Å². The third-order valence-corrected chi connectivity index (χ3v) is 3.47. The minimum atomic E-state index is -0.0710. The number of hydrogen-bond donors (Lipinski definition) is 1. The van der Waals surface area contributed by atoms with E-state index in [2.05, 4.69) is 10.3 Å². The Hall–Kier alpha value is -1.36. The summed E-state index contributed by atoms with van der Waals surface area (Å²) in [6.07, 6.45) is 8.68. The van der Waals surface area contributed by atoms with Gasteiger partial charge in [-0.2, -0.15) is 0 Å². The van der Waals surface area contributed by atoms with E-state index in [1.54, 1.807) is 17.0 Å². The summed E-state index contributed by atoms with van der Waals surface area (Å²) in [4.78, 5) is 16.1. The van der Waals surface area contributed by atoms with Crippen molar-refractivity contribution in [3.63, 3.8) is 0 Å². The van der Waals surface area contributed by atoms with Crippen LogP contribution < -0.4 is 10.9 Å². The highest BCUT2D eigenvalue weighted by atomic mass is 16.5. The van der Waals surface area contributed by atoms with Gasteiger partial charge >= 0.3 is 0 Å². The van der Waals surface area contributed by atoms with Gasteiger partial charge in [0.1, 0.15) is 0 Å². The number of ether oxygens (including phenoxy) is 1. The molecule has 0 saturated heterocycles. The third-order valence-electron chi connectivity index (χ3n) is 3.47. The van der Waals surface area contributed by atoms with Gasteiger partial charge in [0.15, 0.2) is 5.82 Å². The zero-order valence-corrected chi connectivity index (χ0v) is 11.8. The molecule has 0 aromatic carbocycles. The summed E-state index contributed by atoms with van der Waals surface area (Å²) >= 11 is 0. The summed E-state index contributed by atoms with van der Waals surface area (Å²) in [5.41, 5.74) is -0.0710. The molecule has 5 heteroatoms. The Labute approximate surface area is 114 Å². The van der Waals surface area contributed by atoms with Crippen LogP contribution in [0.15, 0.2) is 17.2 Å². The molecule has 1 aromatic heterocycles. The maximum absolute atomic E-state index is 12.1. The number of nitrogens with zero attached hydrogens (tertiary/aromatic N) is 2. The predicted octanol–water partition coefficient (Wildman–Crippen LogP) is 2.20. The first-order valence-electron chi connectivity index (χ1n) is 7.11. The highest BCUT2D eigenvalue weighted by molar-refractivity contribution is 5.30. The molecule has 19 heavy (non-hydrogen) atoms. The number of nitrogens with one attached hydrogen (secondary N) is 1. The van der Waals surface area contributed by atoms with Crippen molar-refractivity contribution in [3.8, 4) is 0 Å². The molecule has 2 rings (SSSR count). The highest BCUT2D eigenvalue weighted by Crippen LogP contribution is 2.20. The van der Waals surface area contributed by atoms with Gasteiger partial charge in [-0.3, -0.25) is 4.79 Å². The lowest BCUT2D eigenvalue weighted by Gasteiger charge is -2.13. The van der Waals surface area contributed by atoms with Crippen molar-refractivity contribution in [3.05, 3.63) is 22.7 Å². The van der Waals surface area contributed by atoms with Gasteiger partial charge in [0.05, 0.1) is 12.7 Å². The third kappa shape index (κ3) is 3.80. The Kier molecular flexibility index (Phi) is 4.96. The molecule has 5 nitrogen and oxygen atoms in total. The van der Waals surface area contributed by atoms with Crippen LogP contribution in [0.25, 0.3) is 0 Å². The van der Waals surface area contributed by atoms with Gasteiger partial charge in [-0.1, -0.05) is 12.8 Å². The van der Waals surface area contributed by atoms with E-state index in [1.165, 1.54) is 25.7 Å². The van der Waals surface area contributed by atoms with Crippen molar-refractivity contribution in [2.45, 2.75) is 51.7 Å². The molecule has 0 radical (unpaired) electrons. The molecule has 0 aliphatic heterocycles. The van der Waals surface area contributed by atoms with Crippen molar-refractivity contribution in [1.29, 1.82) is 0 Å². The van der Waals surface area contributed by atoms with Gasteiger partial charge in [-0.15, -0.1) is 0 Å². The minimum absolute atomic E-state index is 0.0710. The van der Waals surface area contributed by atoms with Crippen LogP contribution in [0.4, 0.5) is 5.82 Å². The Morgan fingerprint density at radius 3 is 2.89 bits per heavy atom. The molecule has 1 aliphatic rings. The fraction of sp³-hybridized carbons (Fsp3) is 0.714. The van der Waals surface area contributed by atoms with Crippen LogP contribution in [-0.2, 0) is 4.74 Å². The normalized spacial score (nSPS) is 16.2. The molecule has 1 fully saturated rings. The Balaban J connectivity index is 1.82. The second-order valence-electron chi connectivity index (χ2n) is 5.29. The van der Waals surface area contributed by atoms with E-state index >= 15 is 0 Å². The average Bonchev–Trinajstić information content (AvgIpc) is 2.89. The average molecular weight is 265 g/mol. The van der Waals surface area contributed by atoms with Crippen LogP contribution >= 0.6 is 0 Å². The molecular weight excluding hydrogens is 242 g/mol. The first-order chi connectivity index (χ1) is 9.18. The number of aromatic nitrogens is 2. The molecular formula is C14H23N3O2. The SMILES string of the molecule is CC(C)n1ccnc(NCCOC2CCCC2)c1=O. The van der Waals surface area contributed by atoms with Gasteiger partial charge in [0.2, 0.25) is 0 Å². The molecule has 1 N–H and O–H groups in total. The van der Waals surface area contributed by atoms with Gasteiger partial charge in [-0.05, 0) is 26.7 Å². The van der Waals surface area contributed by atoms with Crippen LogP contribution in [0.2, 0.25) is 0 Å². The summed E-state index contributed by atoms with van der Waals surface area (Å²) in [6, 6.07) is 0.144. The monoisotopic (exact) mass is 265 g/mol. The van der Waals surface area contributed by atoms with E-state index in [9.17, 15) is 4.79 Å². The van der Waals surface area contributed by atoms with Crippen LogP contribution in [0.1, 0.15) is 45.6 Å². The van der Waals surface area contributed by atoms with Crippen molar-refractivity contribution in [2.24, 2.45) is 0 Å². The van der Waals surface area contributed by atoms with Gasteiger partial charge in [0, 0.05) is 25.0 Å². The standard InChI is InChI=1S/C14H23N3O2/c1-11(2)17-9-7-15-13(14(17)18)16-8-10-19-12-5-3-4-6-12/h7,9,11-12H,3-6,8,10H2,1-2H3,(H,15,16). The van der Waals surface area contributed by atoms with Crippen LogP contribution in [-0.4, -0.2) is 28.8 Å². The molecule has 0 spiro atoms. The van der Waals surface area contributed by atoms with E-state index in [0.717, 1.165) is 0 Å².